The molecule has 2 fully saturated rings. The van der Waals surface area contributed by atoms with E-state index < -0.39 is 0 Å². The minimum Gasteiger partial charge on any atom is -0.120 e. The van der Waals surface area contributed by atoms with Gasteiger partial charge in [0.1, 0.15) is 0 Å². The molecule has 0 aromatic heterocycles. The predicted molar refractivity (Wildman–Crippen MR) is 37.8 cm³/mol. The van der Waals surface area contributed by atoms with Crippen LogP contribution in [0, 0.1) is 30.1 Å². The Morgan fingerprint density at radius 3 is 2.11 bits per heavy atom. The third kappa shape index (κ3) is 0.678. The summed E-state index contributed by atoms with van der Waals surface area (Å²) in [7, 11) is 0. The van der Waals surface area contributed by atoms with Crippen molar-refractivity contribution in [2.45, 2.75) is 25.7 Å². The lowest BCUT2D eigenvalue weighted by Crippen LogP contribution is -1.91. The predicted octanol–water partition coefficient (Wildman–Crippen LogP) is 2.06. The van der Waals surface area contributed by atoms with E-state index in [1.54, 1.807) is 0 Å². The van der Waals surface area contributed by atoms with Gasteiger partial charge in [-0.1, -0.05) is 12.8 Å². The van der Waals surface area contributed by atoms with E-state index in [4.69, 9.17) is 6.42 Å². The molecular formula is C9H12. The van der Waals surface area contributed by atoms with Crippen molar-refractivity contribution < 1.29 is 0 Å². The molecule has 0 aromatic carbocycles. The molecule has 0 heteroatoms. The summed E-state index contributed by atoms with van der Waals surface area (Å²) in [5.41, 5.74) is 0. The number of hydrogen-bond donors (Lipinski definition) is 0. The summed E-state index contributed by atoms with van der Waals surface area (Å²) in [5, 5.41) is 0. The van der Waals surface area contributed by atoms with Crippen LogP contribution in [0.4, 0.5) is 0 Å². The van der Waals surface area contributed by atoms with E-state index in [1.807, 2.05) is 0 Å². The molecule has 0 N–H and O–H groups in total. The van der Waals surface area contributed by atoms with Crippen LogP contribution < -0.4 is 0 Å². The third-order valence-corrected chi connectivity index (χ3v) is 2.85. The van der Waals surface area contributed by atoms with Gasteiger partial charge in [-0.3, -0.25) is 0 Å². The second-order valence-electron chi connectivity index (χ2n) is 3.30. The maximum absolute atomic E-state index is 5.34. The standard InChI is InChI=1S/C9H12/c1-2-7-8-5-3-4-6-9(7)8/h1,7-9H,3-6H2. The largest absolute Gasteiger partial charge is 0.120 e. The zero-order valence-electron chi connectivity index (χ0n) is 5.64. The molecule has 2 aliphatic rings. The average Bonchev–Trinajstić information content (AvgIpc) is 2.60. The second-order valence-corrected chi connectivity index (χ2v) is 3.30. The highest BCUT2D eigenvalue weighted by atomic mass is 14.5. The molecule has 2 unspecified atom stereocenters. The van der Waals surface area contributed by atoms with Crippen molar-refractivity contribution in [2.24, 2.45) is 17.8 Å². The lowest BCUT2D eigenvalue weighted by molar-refractivity contribution is 0.480. The van der Waals surface area contributed by atoms with Gasteiger partial charge in [0.05, 0.1) is 0 Å². The monoisotopic (exact) mass is 120 g/mol. The van der Waals surface area contributed by atoms with Crippen LogP contribution in [-0.4, -0.2) is 0 Å². The first-order valence-corrected chi connectivity index (χ1v) is 3.89. The van der Waals surface area contributed by atoms with Crippen LogP contribution in [0.3, 0.4) is 0 Å². The van der Waals surface area contributed by atoms with Crippen molar-refractivity contribution in [1.82, 2.24) is 0 Å². The maximum Gasteiger partial charge on any atom is 0.0262 e. The normalized spacial score (nSPS) is 47.2. The zero-order valence-corrected chi connectivity index (χ0v) is 5.64. The topological polar surface area (TPSA) is 0 Å². The Labute approximate surface area is 56.6 Å². The van der Waals surface area contributed by atoms with Crippen LogP contribution in [0.5, 0.6) is 0 Å². The van der Waals surface area contributed by atoms with Gasteiger partial charge in [0.2, 0.25) is 0 Å². The first kappa shape index (κ1) is 5.35. The van der Waals surface area contributed by atoms with Crippen molar-refractivity contribution >= 4 is 0 Å². The van der Waals surface area contributed by atoms with Crippen LogP contribution in [-0.2, 0) is 0 Å². The molecule has 9 heavy (non-hydrogen) atoms. The van der Waals surface area contributed by atoms with Crippen molar-refractivity contribution in [3.63, 3.8) is 0 Å². The number of hydrogen-bond acceptors (Lipinski definition) is 0. The number of fused-ring (bicyclic) bond motifs is 1. The molecule has 0 spiro atoms. The van der Waals surface area contributed by atoms with Crippen molar-refractivity contribution in [3.8, 4) is 12.3 Å². The van der Waals surface area contributed by atoms with E-state index in [1.165, 1.54) is 25.7 Å². The van der Waals surface area contributed by atoms with Crippen LogP contribution in [0.1, 0.15) is 25.7 Å². The molecule has 0 amide bonds. The minimum atomic E-state index is 0.688. The van der Waals surface area contributed by atoms with E-state index in [0.29, 0.717) is 5.92 Å². The molecule has 0 saturated heterocycles. The number of rotatable bonds is 0. The molecular weight excluding hydrogens is 108 g/mol. The smallest absolute Gasteiger partial charge is 0.0262 e. The Bertz CT molecular complexity index is 140. The summed E-state index contributed by atoms with van der Waals surface area (Å²) >= 11 is 0. The molecule has 0 radical (unpaired) electrons. The Morgan fingerprint density at radius 1 is 1.11 bits per heavy atom. The van der Waals surface area contributed by atoms with Crippen molar-refractivity contribution in [2.75, 3.05) is 0 Å². The maximum atomic E-state index is 5.34. The molecule has 2 atom stereocenters. The quantitative estimate of drug-likeness (QED) is 0.429. The lowest BCUT2D eigenvalue weighted by Gasteiger charge is -2.04. The number of terminal acetylenes is 1. The summed E-state index contributed by atoms with van der Waals surface area (Å²) < 4.78 is 0. The third-order valence-electron chi connectivity index (χ3n) is 2.85. The fraction of sp³-hybridized carbons (Fsp3) is 0.778. The highest BCUT2D eigenvalue weighted by Gasteiger charge is 2.49. The highest BCUT2D eigenvalue weighted by molar-refractivity contribution is 5.13. The molecule has 48 valence electrons. The lowest BCUT2D eigenvalue weighted by atomic mass is 10.0. The van der Waals surface area contributed by atoms with Gasteiger partial charge in [-0.25, -0.2) is 0 Å². The van der Waals surface area contributed by atoms with Gasteiger partial charge in [0.15, 0.2) is 0 Å². The van der Waals surface area contributed by atoms with Gasteiger partial charge >= 0.3 is 0 Å². The summed E-state index contributed by atoms with van der Waals surface area (Å²) in [6, 6.07) is 0. The molecule has 0 aliphatic heterocycles. The van der Waals surface area contributed by atoms with Gasteiger partial charge in [0, 0.05) is 5.92 Å². The Balaban J connectivity index is 2.00. The van der Waals surface area contributed by atoms with Crippen LogP contribution >= 0.6 is 0 Å². The average molecular weight is 120 g/mol. The summed E-state index contributed by atoms with van der Waals surface area (Å²) in [6.07, 6.45) is 11.0. The summed E-state index contributed by atoms with van der Waals surface area (Å²) in [5.74, 6) is 5.46. The van der Waals surface area contributed by atoms with Gasteiger partial charge < -0.3 is 0 Å². The first-order valence-electron chi connectivity index (χ1n) is 3.89. The van der Waals surface area contributed by atoms with Crippen LogP contribution in [0.15, 0.2) is 0 Å². The molecule has 0 aromatic rings. The second kappa shape index (κ2) is 1.77. The Morgan fingerprint density at radius 2 is 1.67 bits per heavy atom. The Hall–Kier alpha value is -0.440. The van der Waals surface area contributed by atoms with E-state index in [-0.39, 0.29) is 0 Å². The van der Waals surface area contributed by atoms with Gasteiger partial charge in [-0.15, -0.1) is 12.3 Å². The molecule has 0 heterocycles. The first-order chi connectivity index (χ1) is 4.43. The van der Waals surface area contributed by atoms with E-state index in [9.17, 15) is 0 Å². The highest BCUT2D eigenvalue weighted by Crippen LogP contribution is 2.54. The van der Waals surface area contributed by atoms with Crippen LogP contribution in [0.25, 0.3) is 0 Å². The molecule has 2 rings (SSSR count). The molecule has 2 aliphatic carbocycles. The van der Waals surface area contributed by atoms with E-state index in [0.717, 1.165) is 11.8 Å². The van der Waals surface area contributed by atoms with E-state index in [2.05, 4.69) is 5.92 Å². The molecule has 0 nitrogen and oxygen atoms in total. The zero-order chi connectivity index (χ0) is 6.27. The van der Waals surface area contributed by atoms with E-state index >= 15 is 0 Å². The van der Waals surface area contributed by atoms with Gasteiger partial charge in [-0.2, -0.15) is 0 Å². The molecule has 0 bridgehead atoms. The summed E-state index contributed by atoms with van der Waals surface area (Å²) in [4.78, 5) is 0. The minimum absolute atomic E-state index is 0.688. The molecule has 2 saturated carbocycles. The van der Waals surface area contributed by atoms with Crippen molar-refractivity contribution in [3.05, 3.63) is 0 Å². The Kier molecular flexibility index (Phi) is 1.05. The van der Waals surface area contributed by atoms with Crippen LogP contribution in [0.2, 0.25) is 0 Å². The fourth-order valence-corrected chi connectivity index (χ4v) is 2.24. The van der Waals surface area contributed by atoms with Gasteiger partial charge in [-0.05, 0) is 24.7 Å². The SMILES string of the molecule is C#CC1C2CCCCC12. The van der Waals surface area contributed by atoms with Crippen molar-refractivity contribution in [1.29, 1.82) is 0 Å². The summed E-state index contributed by atoms with van der Waals surface area (Å²) in [6.45, 7) is 0. The van der Waals surface area contributed by atoms with Gasteiger partial charge in [0.25, 0.3) is 0 Å². The fourth-order valence-electron chi connectivity index (χ4n) is 2.24.